The zero-order valence-corrected chi connectivity index (χ0v) is 16.6. The van der Waals surface area contributed by atoms with Gasteiger partial charge in [-0.3, -0.25) is 0 Å². The SMILES string of the molecule is COc1cccnc1NC(=S)NCc1ccc(OC2CCN(C)CC2)cc1. The van der Waals surface area contributed by atoms with Crippen LogP contribution in [0, 0.1) is 0 Å². The van der Waals surface area contributed by atoms with Crippen molar-refractivity contribution >= 4 is 23.1 Å². The molecule has 2 heterocycles. The Hall–Kier alpha value is -2.38. The molecule has 0 spiro atoms. The summed E-state index contributed by atoms with van der Waals surface area (Å²) in [6.07, 6.45) is 4.17. The van der Waals surface area contributed by atoms with Crippen LogP contribution in [0.15, 0.2) is 42.6 Å². The number of pyridine rings is 1. The molecule has 1 aliphatic rings. The molecule has 27 heavy (non-hydrogen) atoms. The quantitative estimate of drug-likeness (QED) is 0.740. The normalized spacial score (nSPS) is 15.2. The molecule has 0 aliphatic carbocycles. The molecule has 0 amide bonds. The maximum atomic E-state index is 6.08. The predicted octanol–water partition coefficient (Wildman–Crippen LogP) is 3.05. The first-order chi connectivity index (χ1) is 13.1. The van der Waals surface area contributed by atoms with Crippen LogP contribution in [0.5, 0.6) is 11.5 Å². The number of rotatable bonds is 6. The number of piperidine rings is 1. The van der Waals surface area contributed by atoms with E-state index in [0.29, 0.717) is 29.3 Å². The van der Waals surface area contributed by atoms with Gasteiger partial charge in [-0.05, 0) is 61.9 Å². The van der Waals surface area contributed by atoms with E-state index >= 15 is 0 Å². The number of hydrogen-bond acceptors (Lipinski definition) is 5. The molecule has 7 heteroatoms. The largest absolute Gasteiger partial charge is 0.493 e. The predicted molar refractivity (Wildman–Crippen MR) is 111 cm³/mol. The molecule has 3 rings (SSSR count). The van der Waals surface area contributed by atoms with Gasteiger partial charge < -0.3 is 25.0 Å². The molecule has 2 aromatic rings. The van der Waals surface area contributed by atoms with Gasteiger partial charge in [0.05, 0.1) is 7.11 Å². The second-order valence-electron chi connectivity index (χ2n) is 6.63. The Balaban J connectivity index is 1.46. The monoisotopic (exact) mass is 386 g/mol. The van der Waals surface area contributed by atoms with E-state index in [4.69, 9.17) is 21.7 Å². The van der Waals surface area contributed by atoms with E-state index in [1.54, 1.807) is 13.3 Å². The van der Waals surface area contributed by atoms with E-state index in [2.05, 4.69) is 39.7 Å². The molecule has 0 atom stereocenters. The summed E-state index contributed by atoms with van der Waals surface area (Å²) in [7, 11) is 3.76. The molecule has 1 saturated heterocycles. The lowest BCUT2D eigenvalue weighted by molar-refractivity contribution is 0.114. The Morgan fingerprint density at radius 3 is 2.67 bits per heavy atom. The van der Waals surface area contributed by atoms with E-state index in [0.717, 1.165) is 37.2 Å². The number of anilines is 1. The van der Waals surface area contributed by atoms with Crippen LogP contribution < -0.4 is 20.1 Å². The number of hydrogen-bond donors (Lipinski definition) is 2. The number of benzene rings is 1. The first-order valence-electron chi connectivity index (χ1n) is 9.12. The fraction of sp³-hybridized carbons (Fsp3) is 0.400. The minimum atomic E-state index is 0.315. The van der Waals surface area contributed by atoms with Crippen LogP contribution >= 0.6 is 12.2 Å². The van der Waals surface area contributed by atoms with E-state index < -0.39 is 0 Å². The minimum Gasteiger partial charge on any atom is -0.493 e. The number of aromatic nitrogens is 1. The molecular formula is C20H26N4O2S. The van der Waals surface area contributed by atoms with Gasteiger partial charge in [0.1, 0.15) is 11.9 Å². The maximum Gasteiger partial charge on any atom is 0.174 e. The summed E-state index contributed by atoms with van der Waals surface area (Å²) in [6, 6.07) is 11.8. The highest BCUT2D eigenvalue weighted by molar-refractivity contribution is 7.80. The lowest BCUT2D eigenvalue weighted by Crippen LogP contribution is -2.35. The molecule has 0 radical (unpaired) electrons. The van der Waals surface area contributed by atoms with Gasteiger partial charge >= 0.3 is 0 Å². The molecule has 1 aromatic carbocycles. The Morgan fingerprint density at radius 2 is 1.96 bits per heavy atom. The van der Waals surface area contributed by atoms with E-state index in [1.165, 1.54) is 0 Å². The van der Waals surface area contributed by atoms with Gasteiger partial charge in [0, 0.05) is 25.8 Å². The third kappa shape index (κ3) is 5.80. The van der Waals surface area contributed by atoms with Crippen molar-refractivity contribution in [3.8, 4) is 11.5 Å². The van der Waals surface area contributed by atoms with Gasteiger partial charge in [-0.25, -0.2) is 4.98 Å². The molecule has 144 valence electrons. The summed E-state index contributed by atoms with van der Waals surface area (Å²) in [4.78, 5) is 6.57. The third-order valence-electron chi connectivity index (χ3n) is 4.57. The Kier molecular flexibility index (Phi) is 6.84. The molecule has 1 aliphatic heterocycles. The van der Waals surface area contributed by atoms with Crippen LogP contribution in [-0.4, -0.2) is 48.3 Å². The smallest absolute Gasteiger partial charge is 0.174 e. The van der Waals surface area contributed by atoms with Crippen molar-refractivity contribution in [1.29, 1.82) is 0 Å². The summed E-state index contributed by atoms with van der Waals surface area (Å²) in [5, 5.41) is 6.74. The number of nitrogens with zero attached hydrogens (tertiary/aromatic N) is 2. The zero-order valence-electron chi connectivity index (χ0n) is 15.8. The molecule has 0 saturated carbocycles. The van der Waals surface area contributed by atoms with E-state index in [-0.39, 0.29) is 0 Å². The summed E-state index contributed by atoms with van der Waals surface area (Å²) >= 11 is 5.34. The van der Waals surface area contributed by atoms with Crippen LogP contribution in [0.25, 0.3) is 0 Å². The van der Waals surface area contributed by atoms with Crippen molar-refractivity contribution < 1.29 is 9.47 Å². The molecule has 6 nitrogen and oxygen atoms in total. The van der Waals surface area contributed by atoms with Gasteiger partial charge in [-0.15, -0.1) is 0 Å². The van der Waals surface area contributed by atoms with Crippen molar-refractivity contribution in [2.24, 2.45) is 0 Å². The zero-order chi connectivity index (χ0) is 19.1. The highest BCUT2D eigenvalue weighted by atomic mass is 32.1. The number of thiocarbonyl (C=S) groups is 1. The van der Waals surface area contributed by atoms with Crippen LogP contribution in [0.2, 0.25) is 0 Å². The molecular weight excluding hydrogens is 360 g/mol. The van der Waals surface area contributed by atoms with Gasteiger partial charge in [-0.1, -0.05) is 12.1 Å². The van der Waals surface area contributed by atoms with Crippen molar-refractivity contribution in [2.45, 2.75) is 25.5 Å². The van der Waals surface area contributed by atoms with Gasteiger partial charge in [0.2, 0.25) is 0 Å². The second-order valence-corrected chi connectivity index (χ2v) is 7.03. The summed E-state index contributed by atoms with van der Waals surface area (Å²) in [5.41, 5.74) is 1.13. The average Bonchev–Trinajstić information content (AvgIpc) is 2.69. The van der Waals surface area contributed by atoms with E-state index in [1.807, 2.05) is 24.3 Å². The topological polar surface area (TPSA) is 58.6 Å². The Bertz CT molecular complexity index is 746. The lowest BCUT2D eigenvalue weighted by atomic mass is 10.1. The molecule has 0 unspecified atom stereocenters. The Labute approximate surface area is 165 Å². The fourth-order valence-corrected chi connectivity index (χ4v) is 3.13. The fourth-order valence-electron chi connectivity index (χ4n) is 2.96. The van der Waals surface area contributed by atoms with Crippen LogP contribution in [-0.2, 0) is 6.54 Å². The van der Waals surface area contributed by atoms with Gasteiger partial charge in [0.25, 0.3) is 0 Å². The molecule has 1 aromatic heterocycles. The highest BCUT2D eigenvalue weighted by Gasteiger charge is 2.17. The van der Waals surface area contributed by atoms with Crippen molar-refractivity contribution in [3.63, 3.8) is 0 Å². The second kappa shape index (κ2) is 9.53. The van der Waals surface area contributed by atoms with Gasteiger partial charge in [-0.2, -0.15) is 0 Å². The summed E-state index contributed by atoms with van der Waals surface area (Å²) in [5.74, 6) is 2.17. The maximum absolute atomic E-state index is 6.08. The first-order valence-corrected chi connectivity index (χ1v) is 9.53. The molecule has 1 fully saturated rings. The Morgan fingerprint density at radius 1 is 1.22 bits per heavy atom. The third-order valence-corrected chi connectivity index (χ3v) is 4.81. The standard InChI is InChI=1S/C20H26N4O2S/c1-24-12-9-17(10-13-24)26-16-7-5-15(6-8-16)14-22-20(27)23-19-18(25-2)4-3-11-21-19/h3-8,11,17H,9-10,12-14H2,1-2H3,(H2,21,22,23,27). The summed E-state index contributed by atoms with van der Waals surface area (Å²) in [6.45, 7) is 2.81. The summed E-state index contributed by atoms with van der Waals surface area (Å²) < 4.78 is 11.3. The van der Waals surface area contributed by atoms with Crippen LogP contribution in [0.1, 0.15) is 18.4 Å². The number of likely N-dealkylation sites (tertiary alicyclic amines) is 1. The van der Waals surface area contributed by atoms with Crippen molar-refractivity contribution in [1.82, 2.24) is 15.2 Å². The number of ether oxygens (including phenoxy) is 2. The van der Waals surface area contributed by atoms with Crippen molar-refractivity contribution in [2.75, 3.05) is 32.6 Å². The van der Waals surface area contributed by atoms with Crippen LogP contribution in [0.3, 0.4) is 0 Å². The molecule has 2 N–H and O–H groups in total. The van der Waals surface area contributed by atoms with Crippen molar-refractivity contribution in [3.05, 3.63) is 48.2 Å². The number of methoxy groups -OCH3 is 1. The van der Waals surface area contributed by atoms with E-state index in [9.17, 15) is 0 Å². The number of nitrogens with one attached hydrogen (secondary N) is 2. The lowest BCUT2D eigenvalue weighted by Gasteiger charge is -2.29. The average molecular weight is 387 g/mol. The first kappa shape index (κ1) is 19.4. The van der Waals surface area contributed by atoms with Crippen LogP contribution in [0.4, 0.5) is 5.82 Å². The highest BCUT2D eigenvalue weighted by Crippen LogP contribution is 2.20. The minimum absolute atomic E-state index is 0.315. The molecule has 0 bridgehead atoms. The van der Waals surface area contributed by atoms with Gasteiger partial charge in [0.15, 0.2) is 16.7 Å².